The fourth-order valence-electron chi connectivity index (χ4n) is 2.44. The number of aliphatic hydroxyl groups is 1. The molecule has 0 unspecified atom stereocenters. The van der Waals surface area contributed by atoms with Crippen molar-refractivity contribution in [3.8, 4) is 0 Å². The Morgan fingerprint density at radius 2 is 1.73 bits per heavy atom. The number of rotatable bonds is 6. The zero-order valence-electron chi connectivity index (χ0n) is 12.6. The Hall–Kier alpha value is -1.86. The van der Waals surface area contributed by atoms with Crippen molar-refractivity contribution in [3.05, 3.63) is 30.1 Å². The van der Waals surface area contributed by atoms with Crippen LogP contribution in [0.5, 0.6) is 0 Å². The molecule has 22 heavy (non-hydrogen) atoms. The molecule has 7 heteroatoms. The van der Waals surface area contributed by atoms with Crippen LogP contribution in [-0.2, 0) is 0 Å². The topological polar surface area (TPSA) is 67.8 Å². The molecule has 122 valence electrons. The maximum atomic E-state index is 12.9. The molecular weight excluding hydrogens is 287 g/mol. The Kier molecular flexibility index (Phi) is 6.42. The summed E-state index contributed by atoms with van der Waals surface area (Å²) < 4.78 is 12.9. The second-order valence-corrected chi connectivity index (χ2v) is 5.21. The molecule has 1 fully saturated rings. The average Bonchev–Trinajstić information content (AvgIpc) is 2.54. The molecule has 0 radical (unpaired) electrons. The molecule has 0 spiro atoms. The van der Waals surface area contributed by atoms with Crippen molar-refractivity contribution < 1.29 is 14.3 Å². The lowest BCUT2D eigenvalue weighted by molar-refractivity contribution is 0.227. The predicted octanol–water partition coefficient (Wildman–Crippen LogP) is 0.239. The summed E-state index contributed by atoms with van der Waals surface area (Å²) in [4.78, 5) is 15.8. The second kappa shape index (κ2) is 8.55. The molecule has 0 bridgehead atoms. The van der Waals surface area contributed by atoms with Crippen LogP contribution >= 0.6 is 0 Å². The maximum Gasteiger partial charge on any atom is 0.314 e. The smallest absolute Gasteiger partial charge is 0.314 e. The number of nitrogens with one attached hydrogen (secondary N) is 2. The van der Waals surface area contributed by atoms with Crippen molar-refractivity contribution in [1.82, 2.24) is 15.5 Å². The summed E-state index contributed by atoms with van der Waals surface area (Å²) in [6.45, 7) is 5.19. The summed E-state index contributed by atoms with van der Waals surface area (Å²) in [6.07, 6.45) is 0. The van der Waals surface area contributed by atoms with Gasteiger partial charge in [-0.05, 0) is 24.3 Å². The third kappa shape index (κ3) is 5.16. The molecule has 1 aromatic rings. The molecule has 0 atom stereocenters. The van der Waals surface area contributed by atoms with Gasteiger partial charge in [0, 0.05) is 51.5 Å². The van der Waals surface area contributed by atoms with E-state index in [1.807, 2.05) is 0 Å². The van der Waals surface area contributed by atoms with Gasteiger partial charge in [0.25, 0.3) is 0 Å². The van der Waals surface area contributed by atoms with Gasteiger partial charge < -0.3 is 20.6 Å². The highest BCUT2D eigenvalue weighted by atomic mass is 19.1. The molecule has 1 aromatic carbocycles. The number of nitrogens with zero attached hydrogens (tertiary/aromatic N) is 2. The van der Waals surface area contributed by atoms with E-state index in [1.165, 1.54) is 12.1 Å². The van der Waals surface area contributed by atoms with E-state index in [0.717, 1.165) is 38.4 Å². The zero-order chi connectivity index (χ0) is 15.8. The maximum absolute atomic E-state index is 12.9. The molecule has 0 aliphatic carbocycles. The van der Waals surface area contributed by atoms with Crippen LogP contribution in [-0.4, -0.2) is 68.5 Å². The Bertz CT molecular complexity index is 461. The molecule has 0 aromatic heterocycles. The van der Waals surface area contributed by atoms with E-state index in [4.69, 9.17) is 5.11 Å². The third-order valence-electron chi connectivity index (χ3n) is 3.68. The van der Waals surface area contributed by atoms with E-state index in [1.54, 1.807) is 12.1 Å². The van der Waals surface area contributed by atoms with Gasteiger partial charge in [0.15, 0.2) is 0 Å². The van der Waals surface area contributed by atoms with E-state index in [9.17, 15) is 9.18 Å². The van der Waals surface area contributed by atoms with Crippen molar-refractivity contribution in [2.24, 2.45) is 0 Å². The van der Waals surface area contributed by atoms with Crippen molar-refractivity contribution in [2.75, 3.05) is 57.3 Å². The first kappa shape index (κ1) is 16.5. The van der Waals surface area contributed by atoms with Crippen LogP contribution in [0.25, 0.3) is 0 Å². The molecule has 1 aliphatic rings. The van der Waals surface area contributed by atoms with Gasteiger partial charge in [-0.1, -0.05) is 0 Å². The lowest BCUT2D eigenvalue weighted by Crippen LogP contribution is -2.49. The van der Waals surface area contributed by atoms with Crippen LogP contribution in [0.1, 0.15) is 0 Å². The Morgan fingerprint density at radius 3 is 2.36 bits per heavy atom. The molecule has 2 rings (SSSR count). The summed E-state index contributed by atoms with van der Waals surface area (Å²) in [5.41, 5.74) is 1.04. The number of piperazine rings is 1. The first-order valence-electron chi connectivity index (χ1n) is 7.54. The van der Waals surface area contributed by atoms with Crippen molar-refractivity contribution >= 4 is 11.7 Å². The van der Waals surface area contributed by atoms with Crippen molar-refractivity contribution in [3.63, 3.8) is 0 Å². The van der Waals surface area contributed by atoms with Gasteiger partial charge in [-0.2, -0.15) is 0 Å². The van der Waals surface area contributed by atoms with E-state index < -0.39 is 0 Å². The quantitative estimate of drug-likeness (QED) is 0.704. The fraction of sp³-hybridized carbons (Fsp3) is 0.533. The lowest BCUT2D eigenvalue weighted by Gasteiger charge is -2.36. The minimum Gasteiger partial charge on any atom is -0.395 e. The molecule has 0 saturated carbocycles. The molecule has 3 N–H and O–H groups in total. The number of urea groups is 1. The van der Waals surface area contributed by atoms with Crippen LogP contribution in [0.15, 0.2) is 24.3 Å². The van der Waals surface area contributed by atoms with E-state index in [2.05, 4.69) is 20.4 Å². The highest BCUT2D eigenvalue weighted by Gasteiger charge is 2.16. The number of anilines is 1. The summed E-state index contributed by atoms with van der Waals surface area (Å²) in [7, 11) is 0. The number of hydrogen-bond donors (Lipinski definition) is 3. The predicted molar refractivity (Wildman–Crippen MR) is 83.5 cm³/mol. The first-order valence-corrected chi connectivity index (χ1v) is 7.54. The van der Waals surface area contributed by atoms with Gasteiger partial charge in [-0.3, -0.25) is 4.90 Å². The number of aliphatic hydroxyl groups excluding tert-OH is 1. The summed E-state index contributed by atoms with van der Waals surface area (Å²) in [5.74, 6) is -0.215. The minimum atomic E-state index is -0.251. The lowest BCUT2D eigenvalue weighted by atomic mass is 10.2. The number of amides is 2. The number of benzene rings is 1. The standard InChI is InChI=1S/C15H23FN4O2/c16-13-1-3-14(4-2-13)20-10-8-19(9-11-20)7-5-17-15(22)18-6-12-21/h1-4,21H,5-12H2,(H2,17,18,22). The van der Waals surface area contributed by atoms with Crippen LogP contribution in [0.3, 0.4) is 0 Å². The van der Waals surface area contributed by atoms with E-state index >= 15 is 0 Å². The van der Waals surface area contributed by atoms with Gasteiger partial charge in [0.2, 0.25) is 0 Å². The number of hydrogen-bond acceptors (Lipinski definition) is 4. The van der Waals surface area contributed by atoms with Gasteiger partial charge in [-0.25, -0.2) is 9.18 Å². The first-order chi connectivity index (χ1) is 10.7. The largest absolute Gasteiger partial charge is 0.395 e. The normalized spacial score (nSPS) is 15.6. The molecular formula is C15H23FN4O2. The van der Waals surface area contributed by atoms with Crippen LogP contribution in [0.2, 0.25) is 0 Å². The minimum absolute atomic E-state index is 0.0568. The van der Waals surface area contributed by atoms with E-state index in [-0.39, 0.29) is 25.0 Å². The third-order valence-corrected chi connectivity index (χ3v) is 3.68. The Morgan fingerprint density at radius 1 is 1.09 bits per heavy atom. The molecule has 1 heterocycles. The van der Waals surface area contributed by atoms with Crippen LogP contribution < -0.4 is 15.5 Å². The number of carbonyl (C=O) groups excluding carboxylic acids is 1. The zero-order valence-corrected chi connectivity index (χ0v) is 12.6. The molecule has 2 amide bonds. The fourth-order valence-corrected chi connectivity index (χ4v) is 2.44. The van der Waals surface area contributed by atoms with Crippen LogP contribution in [0.4, 0.5) is 14.9 Å². The summed E-state index contributed by atoms with van der Waals surface area (Å²) in [5, 5.41) is 13.9. The van der Waals surface area contributed by atoms with Gasteiger partial charge in [-0.15, -0.1) is 0 Å². The van der Waals surface area contributed by atoms with Crippen molar-refractivity contribution in [1.29, 1.82) is 0 Å². The molecule has 1 saturated heterocycles. The van der Waals surface area contributed by atoms with Crippen LogP contribution in [0, 0.1) is 5.82 Å². The number of carbonyl (C=O) groups is 1. The van der Waals surface area contributed by atoms with Crippen molar-refractivity contribution in [2.45, 2.75) is 0 Å². The summed E-state index contributed by atoms with van der Waals surface area (Å²) in [6, 6.07) is 6.32. The van der Waals surface area contributed by atoms with Gasteiger partial charge in [0.05, 0.1) is 6.61 Å². The van der Waals surface area contributed by atoms with Gasteiger partial charge >= 0.3 is 6.03 Å². The molecule has 6 nitrogen and oxygen atoms in total. The number of halogens is 1. The monoisotopic (exact) mass is 310 g/mol. The van der Waals surface area contributed by atoms with E-state index in [0.29, 0.717) is 6.54 Å². The highest BCUT2D eigenvalue weighted by molar-refractivity contribution is 5.73. The summed E-state index contributed by atoms with van der Waals surface area (Å²) >= 11 is 0. The highest BCUT2D eigenvalue weighted by Crippen LogP contribution is 2.16. The SMILES string of the molecule is O=C(NCCO)NCCN1CCN(c2ccc(F)cc2)CC1. The Labute approximate surface area is 129 Å². The second-order valence-electron chi connectivity index (χ2n) is 5.21. The Balaban J connectivity index is 1.65. The van der Waals surface area contributed by atoms with Gasteiger partial charge in [0.1, 0.15) is 5.82 Å². The average molecular weight is 310 g/mol. The molecule has 1 aliphatic heterocycles.